The lowest BCUT2D eigenvalue weighted by Crippen LogP contribution is -2.41. The molecule has 0 fully saturated rings. The zero-order valence-corrected chi connectivity index (χ0v) is 20.1. The number of hydrogen-bond donors (Lipinski definition) is 2. The highest BCUT2D eigenvalue weighted by molar-refractivity contribution is 5.89. The summed E-state index contributed by atoms with van der Waals surface area (Å²) in [6.07, 6.45) is 1.44. The first-order chi connectivity index (χ1) is 17.8. The van der Waals surface area contributed by atoms with Gasteiger partial charge in [0.15, 0.2) is 11.6 Å². The second kappa shape index (κ2) is 14.4. The van der Waals surface area contributed by atoms with Crippen LogP contribution < -0.4 is 10.2 Å². The molecule has 3 rings (SSSR count). The van der Waals surface area contributed by atoms with E-state index in [1.54, 1.807) is 6.07 Å². The van der Waals surface area contributed by atoms with E-state index in [9.17, 15) is 22.8 Å². The molecule has 1 atom stereocenters. The largest absolute Gasteiger partial charge is 0.447 e. The molecule has 9 nitrogen and oxygen atoms in total. The highest BCUT2D eigenvalue weighted by Crippen LogP contribution is 2.19. The molecule has 0 saturated carbocycles. The molecule has 0 aliphatic rings. The molecule has 1 aromatic heterocycles. The Morgan fingerprint density at radius 1 is 1.18 bits per heavy atom. The molecular formula is C26H30F3N6O3+. The van der Waals surface area contributed by atoms with Crippen LogP contribution in [0.1, 0.15) is 32.3 Å². The maximum absolute atomic E-state index is 13.9. The topological polar surface area (TPSA) is 122 Å². The van der Waals surface area contributed by atoms with Gasteiger partial charge in [0.1, 0.15) is 35.4 Å². The summed E-state index contributed by atoms with van der Waals surface area (Å²) in [6.45, 7) is 0.0862. The number of benzene rings is 2. The molecule has 1 heterocycles. The Bertz CT molecular complexity index is 1320. The molecule has 38 heavy (non-hydrogen) atoms. The summed E-state index contributed by atoms with van der Waals surface area (Å²) in [5.74, 6) is -2.58. The average molecular weight is 532 g/mol. The van der Waals surface area contributed by atoms with Gasteiger partial charge in [-0.3, -0.25) is 10.1 Å². The fourth-order valence-electron chi connectivity index (χ4n) is 3.69. The molecule has 2 amide bonds. The van der Waals surface area contributed by atoms with Crippen LogP contribution in [0, 0.1) is 23.0 Å². The minimum absolute atomic E-state index is 0. The second-order valence-corrected chi connectivity index (χ2v) is 8.26. The number of likely N-dealkylation sites (N-methyl/N-ethyl adjacent to an activating group) is 1. The summed E-state index contributed by atoms with van der Waals surface area (Å²) in [4.78, 5) is 33.6. The number of aromatic nitrogens is 1. The average Bonchev–Trinajstić information content (AvgIpc) is 2.88. The Morgan fingerprint density at radius 2 is 1.97 bits per heavy atom. The first-order valence-corrected chi connectivity index (χ1v) is 11.5. The van der Waals surface area contributed by atoms with Crippen LogP contribution in [0.25, 0.3) is 10.8 Å². The number of fused-ring (bicyclic) bond motifs is 1. The normalized spacial score (nSPS) is 11.2. The Hall–Kier alpha value is -4.31. The lowest BCUT2D eigenvalue weighted by molar-refractivity contribution is -0.132. The van der Waals surface area contributed by atoms with Crippen molar-refractivity contribution in [2.45, 2.75) is 39.2 Å². The Morgan fingerprint density at radius 3 is 2.74 bits per heavy atom. The van der Waals surface area contributed by atoms with Crippen LogP contribution >= 0.6 is 0 Å². The highest BCUT2D eigenvalue weighted by atomic mass is 19.2. The third-order valence-electron chi connectivity index (χ3n) is 5.77. The standard InChI is InChI=1S/C25H25F3N6O3.CH4/c1-34(23(35)10-8-16-4-2-6-21(27)24(16)28)20(5-3-11-31-33-29)15-37-25(36)32-22-13-18-12-19(26)9-7-17(18)14-30-22;/h2,4,6-7,9,12-14,20,29H,3,5,8,10-11,15H2,1H3;1H4/p+1/t20-;/m0./s1. The van der Waals surface area contributed by atoms with Gasteiger partial charge in [0.25, 0.3) is 0 Å². The maximum atomic E-state index is 13.9. The van der Waals surface area contributed by atoms with Gasteiger partial charge in [0, 0.05) is 25.1 Å². The predicted molar refractivity (Wildman–Crippen MR) is 136 cm³/mol. The van der Waals surface area contributed by atoms with Crippen molar-refractivity contribution in [3.8, 4) is 0 Å². The zero-order chi connectivity index (χ0) is 26.8. The summed E-state index contributed by atoms with van der Waals surface area (Å²) >= 11 is 0. The number of carbonyl (C=O) groups is 2. The third kappa shape index (κ3) is 8.38. The molecule has 2 N–H and O–H groups in total. The SMILES string of the molecule is C.CN(C(=O)CCc1cccc(F)c1F)[C@@H](CCCN=[N+]=N)COC(=O)Nc1cc2cc(F)ccc2cn1. The van der Waals surface area contributed by atoms with Gasteiger partial charge in [-0.25, -0.2) is 22.9 Å². The molecule has 0 unspecified atom stereocenters. The minimum atomic E-state index is -0.986. The molecule has 0 saturated heterocycles. The Kier molecular flexibility index (Phi) is 11.4. The van der Waals surface area contributed by atoms with Crippen LogP contribution in [0.4, 0.5) is 23.8 Å². The molecule has 2 aromatic carbocycles. The molecule has 202 valence electrons. The van der Waals surface area contributed by atoms with Crippen molar-refractivity contribution >= 4 is 28.6 Å². The zero-order valence-electron chi connectivity index (χ0n) is 20.1. The van der Waals surface area contributed by atoms with Crippen molar-refractivity contribution in [2.24, 2.45) is 5.11 Å². The van der Waals surface area contributed by atoms with E-state index in [1.807, 2.05) is 0 Å². The van der Waals surface area contributed by atoms with Crippen molar-refractivity contribution in [2.75, 3.05) is 25.5 Å². The fraction of sp³-hybridized carbons (Fsp3) is 0.346. The number of rotatable bonds is 11. The predicted octanol–water partition coefficient (Wildman–Crippen LogP) is 5.63. The summed E-state index contributed by atoms with van der Waals surface area (Å²) in [5, 5.41) is 7.30. The number of halogens is 3. The number of nitrogens with zero attached hydrogens (tertiary/aromatic N) is 4. The molecule has 0 radical (unpaired) electrons. The minimum Gasteiger partial charge on any atom is -0.447 e. The third-order valence-corrected chi connectivity index (χ3v) is 5.77. The molecule has 12 heteroatoms. The molecule has 0 bridgehead atoms. The van der Waals surface area contributed by atoms with Crippen LogP contribution in [-0.4, -0.2) is 48.1 Å². The quantitative estimate of drug-likeness (QED) is 0.189. The van der Waals surface area contributed by atoms with Gasteiger partial charge < -0.3 is 9.64 Å². The Labute approximate surface area is 218 Å². The summed E-state index contributed by atoms with van der Waals surface area (Å²) in [5.41, 5.74) is 6.84. The van der Waals surface area contributed by atoms with Crippen molar-refractivity contribution < 1.29 is 27.5 Å². The summed E-state index contributed by atoms with van der Waals surface area (Å²) in [6, 6.07) is 8.94. The fourth-order valence-corrected chi connectivity index (χ4v) is 3.69. The van der Waals surface area contributed by atoms with Gasteiger partial charge in [0.05, 0.1) is 6.04 Å². The first-order valence-electron chi connectivity index (χ1n) is 11.5. The number of carbonyl (C=O) groups excluding carboxylic acids is 2. The second-order valence-electron chi connectivity index (χ2n) is 8.26. The number of ether oxygens (including phenoxy) is 1. The number of pyridine rings is 1. The van der Waals surface area contributed by atoms with E-state index in [-0.39, 0.29) is 50.7 Å². The number of aryl methyl sites for hydroxylation is 1. The van der Waals surface area contributed by atoms with Gasteiger partial charge >= 0.3 is 6.09 Å². The lowest BCUT2D eigenvalue weighted by atomic mass is 10.1. The van der Waals surface area contributed by atoms with Gasteiger partial charge in [-0.15, -0.1) is 0 Å². The van der Waals surface area contributed by atoms with E-state index in [2.05, 4.69) is 20.3 Å². The van der Waals surface area contributed by atoms with E-state index in [1.165, 1.54) is 48.5 Å². The number of hydrogen-bond acceptors (Lipinski definition) is 6. The number of nitrogens with one attached hydrogen (secondary N) is 2. The lowest BCUT2D eigenvalue weighted by Gasteiger charge is -2.28. The van der Waals surface area contributed by atoms with Crippen molar-refractivity contribution in [3.63, 3.8) is 0 Å². The molecule has 0 aliphatic heterocycles. The van der Waals surface area contributed by atoms with E-state index >= 15 is 0 Å². The smallest absolute Gasteiger partial charge is 0.412 e. The Balaban J connectivity index is 0.00000507. The van der Waals surface area contributed by atoms with E-state index < -0.39 is 29.6 Å². The van der Waals surface area contributed by atoms with Crippen LogP contribution in [0.15, 0.2) is 53.8 Å². The molecular weight excluding hydrogens is 501 g/mol. The van der Waals surface area contributed by atoms with Crippen LogP contribution in [-0.2, 0) is 16.0 Å². The van der Waals surface area contributed by atoms with E-state index in [0.29, 0.717) is 23.6 Å². The van der Waals surface area contributed by atoms with E-state index in [0.717, 1.165) is 6.07 Å². The molecule has 0 spiro atoms. The van der Waals surface area contributed by atoms with Gasteiger partial charge in [-0.1, -0.05) is 19.6 Å². The molecule has 0 aliphatic carbocycles. The van der Waals surface area contributed by atoms with Crippen molar-refractivity contribution in [1.82, 2.24) is 14.8 Å². The van der Waals surface area contributed by atoms with Crippen LogP contribution in [0.2, 0.25) is 0 Å². The summed E-state index contributed by atoms with van der Waals surface area (Å²) in [7, 11) is 1.53. The highest BCUT2D eigenvalue weighted by Gasteiger charge is 2.22. The maximum Gasteiger partial charge on any atom is 0.412 e. The number of amides is 2. The number of anilines is 1. The van der Waals surface area contributed by atoms with Crippen LogP contribution in [0.3, 0.4) is 0 Å². The van der Waals surface area contributed by atoms with Gasteiger partial charge in [0.2, 0.25) is 10.8 Å². The monoisotopic (exact) mass is 531 g/mol. The molecule has 3 aromatic rings. The van der Waals surface area contributed by atoms with Crippen molar-refractivity contribution in [3.05, 3.63) is 71.7 Å². The van der Waals surface area contributed by atoms with Gasteiger partial charge in [-0.05, 0) is 60.5 Å². The first kappa shape index (κ1) is 29.9. The van der Waals surface area contributed by atoms with Crippen LogP contribution in [0.5, 0.6) is 0 Å². The van der Waals surface area contributed by atoms with Gasteiger partial charge in [-0.2, -0.15) is 0 Å². The van der Waals surface area contributed by atoms with Crippen molar-refractivity contribution in [1.29, 1.82) is 5.53 Å². The van der Waals surface area contributed by atoms with E-state index in [4.69, 9.17) is 10.3 Å². The summed E-state index contributed by atoms with van der Waals surface area (Å²) < 4.78 is 46.2.